The molecule has 14 heavy (non-hydrogen) atoms. The van der Waals surface area contributed by atoms with Crippen LogP contribution in [0.15, 0.2) is 0 Å². The second kappa shape index (κ2) is 5.75. The van der Waals surface area contributed by atoms with Crippen LogP contribution in [0.2, 0.25) is 0 Å². The molecule has 0 bridgehead atoms. The van der Waals surface area contributed by atoms with Gasteiger partial charge in [0, 0.05) is 6.04 Å². The first-order valence-electron chi connectivity index (χ1n) is 6.05. The minimum absolute atomic E-state index is 0.475. The van der Waals surface area contributed by atoms with Crippen molar-refractivity contribution in [1.29, 1.82) is 0 Å². The maximum atomic E-state index is 2.55. The van der Waals surface area contributed by atoms with Crippen LogP contribution in [-0.4, -0.2) is 24.0 Å². The molecule has 0 aromatic heterocycles. The normalized spacial score (nSPS) is 13.3. The topological polar surface area (TPSA) is 3.24 Å². The fourth-order valence-electron chi connectivity index (χ4n) is 1.50. The van der Waals surface area contributed by atoms with E-state index in [1.807, 2.05) is 0 Å². The Morgan fingerprint density at radius 1 is 1.07 bits per heavy atom. The molecule has 0 aromatic rings. The average molecular weight is 199 g/mol. The molecule has 1 heteroatoms. The molecule has 86 valence electrons. The minimum atomic E-state index is 0.475. The first-order valence-corrected chi connectivity index (χ1v) is 6.05. The lowest BCUT2D eigenvalue weighted by Gasteiger charge is -2.33. The van der Waals surface area contributed by atoms with Gasteiger partial charge in [0.25, 0.3) is 0 Å². The molecule has 0 amide bonds. The molecular weight excluding hydrogens is 170 g/mol. The van der Waals surface area contributed by atoms with Crippen LogP contribution >= 0.6 is 0 Å². The van der Waals surface area contributed by atoms with Crippen molar-refractivity contribution in [1.82, 2.24) is 4.90 Å². The summed E-state index contributed by atoms with van der Waals surface area (Å²) in [7, 11) is 0. The van der Waals surface area contributed by atoms with E-state index in [0.717, 1.165) is 5.92 Å². The maximum Gasteiger partial charge on any atom is 0.00384 e. The molecule has 0 aliphatic rings. The summed E-state index contributed by atoms with van der Waals surface area (Å²) < 4.78 is 0. The van der Waals surface area contributed by atoms with Gasteiger partial charge in [-0.15, -0.1) is 0 Å². The lowest BCUT2D eigenvalue weighted by atomic mass is 9.78. The standard InChI is InChI=1S/C13H29N/c1-8-14(12(4)5)10-9-13(6,7)11(2)3/h11-12H,8-10H2,1-7H3. The van der Waals surface area contributed by atoms with Crippen LogP contribution in [0.4, 0.5) is 0 Å². The van der Waals surface area contributed by atoms with E-state index in [9.17, 15) is 0 Å². The van der Waals surface area contributed by atoms with Crippen molar-refractivity contribution in [2.45, 2.75) is 60.9 Å². The van der Waals surface area contributed by atoms with Crippen LogP contribution in [0, 0.1) is 11.3 Å². The molecule has 0 spiro atoms. The van der Waals surface area contributed by atoms with Crippen LogP contribution < -0.4 is 0 Å². The van der Waals surface area contributed by atoms with E-state index in [2.05, 4.69) is 53.4 Å². The monoisotopic (exact) mass is 199 g/mol. The highest BCUT2D eigenvalue weighted by atomic mass is 15.1. The Bertz CT molecular complexity index is 147. The molecule has 0 unspecified atom stereocenters. The summed E-state index contributed by atoms with van der Waals surface area (Å²) in [5, 5.41) is 0. The van der Waals surface area contributed by atoms with Crippen molar-refractivity contribution in [2.75, 3.05) is 13.1 Å². The van der Waals surface area contributed by atoms with E-state index >= 15 is 0 Å². The van der Waals surface area contributed by atoms with Crippen LogP contribution in [0.3, 0.4) is 0 Å². The Labute approximate surface area is 90.9 Å². The summed E-state index contributed by atoms with van der Waals surface area (Å²) in [6.07, 6.45) is 1.30. The molecule has 0 aromatic carbocycles. The van der Waals surface area contributed by atoms with Crippen LogP contribution in [0.5, 0.6) is 0 Å². The molecule has 0 atom stereocenters. The molecule has 0 saturated carbocycles. The summed E-state index contributed by atoms with van der Waals surface area (Å²) in [5.41, 5.74) is 0.475. The van der Waals surface area contributed by atoms with Gasteiger partial charge in [0.1, 0.15) is 0 Å². The zero-order valence-electron chi connectivity index (χ0n) is 11.2. The average Bonchev–Trinajstić information content (AvgIpc) is 2.04. The molecular formula is C13H29N. The molecule has 0 radical (unpaired) electrons. The highest BCUT2D eigenvalue weighted by Gasteiger charge is 2.23. The van der Waals surface area contributed by atoms with Gasteiger partial charge in [-0.3, -0.25) is 0 Å². The lowest BCUT2D eigenvalue weighted by Crippen LogP contribution is -2.35. The quantitative estimate of drug-likeness (QED) is 0.629. The van der Waals surface area contributed by atoms with Crippen LogP contribution in [0.25, 0.3) is 0 Å². The molecule has 0 saturated heterocycles. The van der Waals surface area contributed by atoms with Gasteiger partial charge in [0.2, 0.25) is 0 Å². The van der Waals surface area contributed by atoms with Crippen molar-refractivity contribution in [2.24, 2.45) is 11.3 Å². The van der Waals surface area contributed by atoms with Crippen molar-refractivity contribution >= 4 is 0 Å². The predicted octanol–water partition coefficient (Wildman–Crippen LogP) is 3.79. The van der Waals surface area contributed by atoms with Gasteiger partial charge < -0.3 is 4.90 Å². The Balaban J connectivity index is 4.02. The van der Waals surface area contributed by atoms with Crippen molar-refractivity contribution in [3.05, 3.63) is 0 Å². The van der Waals surface area contributed by atoms with Crippen molar-refractivity contribution in [3.8, 4) is 0 Å². The zero-order valence-corrected chi connectivity index (χ0v) is 11.2. The van der Waals surface area contributed by atoms with Gasteiger partial charge in [0.05, 0.1) is 0 Å². The van der Waals surface area contributed by atoms with Gasteiger partial charge in [0.15, 0.2) is 0 Å². The summed E-state index contributed by atoms with van der Waals surface area (Å²) in [5.74, 6) is 0.772. The first kappa shape index (κ1) is 14.0. The Hall–Kier alpha value is -0.0400. The summed E-state index contributed by atoms with van der Waals surface area (Å²) in [6.45, 7) is 18.6. The second-order valence-electron chi connectivity index (χ2n) is 5.62. The van der Waals surface area contributed by atoms with Gasteiger partial charge in [-0.2, -0.15) is 0 Å². The maximum absolute atomic E-state index is 2.55. The van der Waals surface area contributed by atoms with Gasteiger partial charge in [-0.05, 0) is 44.7 Å². The van der Waals surface area contributed by atoms with Crippen molar-refractivity contribution in [3.63, 3.8) is 0 Å². The van der Waals surface area contributed by atoms with Crippen molar-refractivity contribution < 1.29 is 0 Å². The van der Waals surface area contributed by atoms with Crippen LogP contribution in [0.1, 0.15) is 54.9 Å². The Morgan fingerprint density at radius 3 is 1.86 bits per heavy atom. The number of rotatable bonds is 6. The molecule has 0 heterocycles. The minimum Gasteiger partial charge on any atom is -0.301 e. The third-order valence-corrected chi connectivity index (χ3v) is 3.74. The third kappa shape index (κ3) is 4.45. The highest BCUT2D eigenvalue weighted by Crippen LogP contribution is 2.30. The molecule has 0 rings (SSSR count). The number of hydrogen-bond donors (Lipinski definition) is 0. The van der Waals surface area contributed by atoms with E-state index in [0.29, 0.717) is 11.5 Å². The van der Waals surface area contributed by atoms with E-state index in [1.54, 1.807) is 0 Å². The summed E-state index contributed by atoms with van der Waals surface area (Å²) in [6, 6.07) is 0.683. The molecule has 0 N–H and O–H groups in total. The fourth-order valence-corrected chi connectivity index (χ4v) is 1.50. The SMILES string of the molecule is CCN(CCC(C)(C)C(C)C)C(C)C. The summed E-state index contributed by atoms with van der Waals surface area (Å²) >= 11 is 0. The van der Waals surface area contributed by atoms with Crippen LogP contribution in [-0.2, 0) is 0 Å². The highest BCUT2D eigenvalue weighted by molar-refractivity contribution is 4.74. The third-order valence-electron chi connectivity index (χ3n) is 3.74. The van der Waals surface area contributed by atoms with E-state index < -0.39 is 0 Å². The van der Waals surface area contributed by atoms with Gasteiger partial charge >= 0.3 is 0 Å². The Kier molecular flexibility index (Phi) is 5.73. The largest absolute Gasteiger partial charge is 0.301 e. The van der Waals surface area contributed by atoms with E-state index in [1.165, 1.54) is 19.5 Å². The number of nitrogens with zero attached hydrogens (tertiary/aromatic N) is 1. The lowest BCUT2D eigenvalue weighted by molar-refractivity contribution is 0.157. The second-order valence-corrected chi connectivity index (χ2v) is 5.62. The fraction of sp³-hybridized carbons (Fsp3) is 1.00. The van der Waals surface area contributed by atoms with Gasteiger partial charge in [-0.25, -0.2) is 0 Å². The molecule has 1 nitrogen and oxygen atoms in total. The first-order chi connectivity index (χ1) is 6.31. The predicted molar refractivity (Wildman–Crippen MR) is 65.6 cm³/mol. The smallest absolute Gasteiger partial charge is 0.00384 e. The molecule has 0 aliphatic carbocycles. The van der Waals surface area contributed by atoms with E-state index in [-0.39, 0.29) is 0 Å². The zero-order chi connectivity index (χ0) is 11.4. The molecule has 0 fully saturated rings. The van der Waals surface area contributed by atoms with Gasteiger partial charge in [-0.1, -0.05) is 34.6 Å². The molecule has 0 aliphatic heterocycles. The van der Waals surface area contributed by atoms with E-state index in [4.69, 9.17) is 0 Å². The Morgan fingerprint density at radius 2 is 1.57 bits per heavy atom. The number of hydrogen-bond acceptors (Lipinski definition) is 1. The summed E-state index contributed by atoms with van der Waals surface area (Å²) in [4.78, 5) is 2.55.